The van der Waals surface area contributed by atoms with E-state index in [0.717, 1.165) is 18.5 Å². The van der Waals surface area contributed by atoms with Crippen molar-refractivity contribution < 1.29 is 4.74 Å². The maximum atomic E-state index is 6.17. The summed E-state index contributed by atoms with van der Waals surface area (Å²) in [4.78, 5) is 0. The highest BCUT2D eigenvalue weighted by molar-refractivity contribution is 6.32. The Balaban J connectivity index is 1.91. The van der Waals surface area contributed by atoms with Crippen molar-refractivity contribution in [1.29, 1.82) is 0 Å². The van der Waals surface area contributed by atoms with Gasteiger partial charge in [0.15, 0.2) is 0 Å². The van der Waals surface area contributed by atoms with Gasteiger partial charge in [-0.2, -0.15) is 0 Å². The number of benzene rings is 1. The first-order chi connectivity index (χ1) is 9.74. The lowest BCUT2D eigenvalue weighted by atomic mass is 10.1. The van der Waals surface area contributed by atoms with Gasteiger partial charge in [0.1, 0.15) is 5.75 Å². The molecular formula is C16H23ClN2O. The van der Waals surface area contributed by atoms with E-state index in [0.29, 0.717) is 17.3 Å². The molecule has 0 fully saturated rings. The lowest BCUT2D eigenvalue weighted by Gasteiger charge is -2.18. The molecule has 4 heteroatoms. The monoisotopic (exact) mass is 294 g/mol. The van der Waals surface area contributed by atoms with E-state index in [1.165, 1.54) is 19.3 Å². The smallest absolute Gasteiger partial charge is 0.137 e. The molecule has 0 aliphatic heterocycles. The van der Waals surface area contributed by atoms with Gasteiger partial charge < -0.3 is 15.8 Å². The first kappa shape index (κ1) is 15.4. The average molecular weight is 295 g/mol. The molecular weight excluding hydrogens is 272 g/mol. The van der Waals surface area contributed by atoms with Gasteiger partial charge >= 0.3 is 0 Å². The minimum Gasteiger partial charge on any atom is -0.495 e. The summed E-state index contributed by atoms with van der Waals surface area (Å²) in [7, 11) is 1.62. The van der Waals surface area contributed by atoms with Crippen LogP contribution in [0.4, 0.5) is 0 Å². The zero-order valence-corrected chi connectivity index (χ0v) is 12.7. The number of nitrogens with one attached hydrogen (secondary N) is 1. The fourth-order valence-corrected chi connectivity index (χ4v) is 2.87. The minimum absolute atomic E-state index is 0.139. The second-order valence-corrected chi connectivity index (χ2v) is 5.55. The van der Waals surface area contributed by atoms with Crippen LogP contribution in [0.15, 0.2) is 29.8 Å². The third kappa shape index (κ3) is 3.98. The molecule has 0 aromatic heterocycles. The predicted molar refractivity (Wildman–Crippen MR) is 84.4 cm³/mol. The van der Waals surface area contributed by atoms with Crippen molar-refractivity contribution in [2.45, 2.75) is 31.7 Å². The molecule has 20 heavy (non-hydrogen) atoms. The van der Waals surface area contributed by atoms with E-state index in [2.05, 4.69) is 11.4 Å². The molecule has 0 radical (unpaired) electrons. The molecule has 0 saturated carbocycles. The first-order valence-corrected chi connectivity index (χ1v) is 7.57. The van der Waals surface area contributed by atoms with Gasteiger partial charge in [-0.15, -0.1) is 0 Å². The number of nitrogens with two attached hydrogens (primary N) is 1. The highest BCUT2D eigenvalue weighted by Crippen LogP contribution is 2.27. The van der Waals surface area contributed by atoms with Gasteiger partial charge in [0.05, 0.1) is 12.1 Å². The van der Waals surface area contributed by atoms with Crippen LogP contribution in [-0.2, 0) is 0 Å². The molecule has 1 atom stereocenters. The zero-order valence-electron chi connectivity index (χ0n) is 12.0. The van der Waals surface area contributed by atoms with Gasteiger partial charge in [0.25, 0.3) is 0 Å². The molecule has 1 aromatic carbocycles. The maximum Gasteiger partial charge on any atom is 0.137 e. The number of rotatable bonds is 7. The van der Waals surface area contributed by atoms with Crippen LogP contribution in [0.2, 0.25) is 5.02 Å². The number of hydrogen-bond acceptors (Lipinski definition) is 3. The van der Waals surface area contributed by atoms with Crippen molar-refractivity contribution in [1.82, 2.24) is 5.32 Å². The molecule has 1 aliphatic rings. The molecule has 0 heterocycles. The summed E-state index contributed by atoms with van der Waals surface area (Å²) in [6, 6.07) is 5.98. The number of halogens is 1. The Kier molecular flexibility index (Phi) is 5.89. The highest BCUT2D eigenvalue weighted by atomic mass is 35.5. The molecule has 110 valence electrons. The Morgan fingerprint density at radius 1 is 1.45 bits per heavy atom. The Labute approximate surface area is 126 Å². The van der Waals surface area contributed by atoms with Gasteiger partial charge in [0, 0.05) is 12.6 Å². The molecule has 0 bridgehead atoms. The Morgan fingerprint density at radius 2 is 2.30 bits per heavy atom. The lowest BCUT2D eigenvalue weighted by Crippen LogP contribution is -2.29. The molecule has 3 N–H and O–H groups in total. The summed E-state index contributed by atoms with van der Waals surface area (Å²) in [5.41, 5.74) is 8.55. The molecule has 0 amide bonds. The molecule has 0 saturated heterocycles. The van der Waals surface area contributed by atoms with Crippen LogP contribution in [0.5, 0.6) is 5.75 Å². The van der Waals surface area contributed by atoms with E-state index in [1.54, 1.807) is 12.7 Å². The van der Waals surface area contributed by atoms with Crippen molar-refractivity contribution >= 4 is 11.6 Å². The van der Waals surface area contributed by atoms with Gasteiger partial charge in [-0.1, -0.05) is 29.3 Å². The summed E-state index contributed by atoms with van der Waals surface area (Å²) >= 11 is 6.17. The number of hydrogen-bond donors (Lipinski definition) is 2. The minimum atomic E-state index is 0.139. The molecule has 1 unspecified atom stereocenters. The fourth-order valence-electron chi connectivity index (χ4n) is 2.61. The van der Waals surface area contributed by atoms with Gasteiger partial charge in [-0.25, -0.2) is 0 Å². The van der Waals surface area contributed by atoms with E-state index in [-0.39, 0.29) is 6.04 Å². The van der Waals surface area contributed by atoms with Crippen LogP contribution < -0.4 is 15.8 Å². The normalized spacial score (nSPS) is 16.1. The Hall–Kier alpha value is -1.03. The summed E-state index contributed by atoms with van der Waals surface area (Å²) in [5.74, 6) is 0.697. The summed E-state index contributed by atoms with van der Waals surface area (Å²) < 4.78 is 5.17. The molecule has 3 nitrogen and oxygen atoms in total. The van der Waals surface area contributed by atoms with Crippen molar-refractivity contribution in [3.05, 3.63) is 40.4 Å². The quantitative estimate of drug-likeness (QED) is 0.757. The van der Waals surface area contributed by atoms with Crippen molar-refractivity contribution in [3.63, 3.8) is 0 Å². The highest BCUT2D eigenvalue weighted by Gasteiger charge is 2.12. The molecule has 1 aromatic rings. The summed E-state index contributed by atoms with van der Waals surface area (Å²) in [6.45, 7) is 1.51. The largest absolute Gasteiger partial charge is 0.495 e. The Bertz CT molecular complexity index is 474. The third-order valence-corrected chi connectivity index (χ3v) is 4.08. The van der Waals surface area contributed by atoms with E-state index >= 15 is 0 Å². The first-order valence-electron chi connectivity index (χ1n) is 7.19. The Morgan fingerprint density at radius 3 is 2.90 bits per heavy atom. The zero-order chi connectivity index (χ0) is 14.4. The van der Waals surface area contributed by atoms with Crippen molar-refractivity contribution in [2.24, 2.45) is 5.73 Å². The van der Waals surface area contributed by atoms with Crippen LogP contribution in [0.3, 0.4) is 0 Å². The standard InChI is InChI=1S/C16H23ClN2O/c1-20-16-7-6-13(10-14(16)17)15(11-18)19-9-8-12-4-2-3-5-12/h4,6-7,10,15,19H,2-3,5,8-9,11,18H2,1H3. The molecule has 1 aliphatic carbocycles. The number of allylic oxidation sites excluding steroid dienone is 1. The van der Waals surface area contributed by atoms with Crippen molar-refractivity contribution in [3.8, 4) is 5.75 Å². The molecule has 0 spiro atoms. The summed E-state index contributed by atoms with van der Waals surface area (Å²) in [6.07, 6.45) is 7.28. The topological polar surface area (TPSA) is 47.3 Å². The van der Waals surface area contributed by atoms with E-state index in [9.17, 15) is 0 Å². The van der Waals surface area contributed by atoms with Crippen LogP contribution in [-0.4, -0.2) is 20.2 Å². The number of ether oxygens (including phenoxy) is 1. The second-order valence-electron chi connectivity index (χ2n) is 5.14. The van der Waals surface area contributed by atoms with Crippen LogP contribution >= 0.6 is 11.6 Å². The van der Waals surface area contributed by atoms with Gasteiger partial charge in [0.2, 0.25) is 0 Å². The SMILES string of the molecule is COc1ccc(C(CN)NCCC2=CCCC2)cc1Cl. The predicted octanol–water partition coefficient (Wildman–Crippen LogP) is 3.44. The van der Waals surface area contributed by atoms with Crippen LogP contribution in [0.1, 0.15) is 37.3 Å². The number of methoxy groups -OCH3 is 1. The van der Waals surface area contributed by atoms with E-state index < -0.39 is 0 Å². The van der Waals surface area contributed by atoms with E-state index in [1.807, 2.05) is 18.2 Å². The fraction of sp³-hybridized carbons (Fsp3) is 0.500. The van der Waals surface area contributed by atoms with Gasteiger partial charge in [-0.05, 0) is 49.9 Å². The van der Waals surface area contributed by atoms with Gasteiger partial charge in [-0.3, -0.25) is 0 Å². The summed E-state index contributed by atoms with van der Waals surface area (Å²) in [5, 5.41) is 4.14. The van der Waals surface area contributed by atoms with E-state index in [4.69, 9.17) is 22.1 Å². The average Bonchev–Trinajstić information content (AvgIpc) is 2.97. The lowest BCUT2D eigenvalue weighted by molar-refractivity contribution is 0.414. The van der Waals surface area contributed by atoms with Crippen LogP contribution in [0, 0.1) is 0 Å². The molecule has 2 rings (SSSR count). The van der Waals surface area contributed by atoms with Crippen molar-refractivity contribution in [2.75, 3.05) is 20.2 Å². The second kappa shape index (κ2) is 7.67. The third-order valence-electron chi connectivity index (χ3n) is 3.79. The maximum absolute atomic E-state index is 6.17. The van der Waals surface area contributed by atoms with Crippen LogP contribution in [0.25, 0.3) is 0 Å².